The number of aliphatic carboxylic acids is 1. The van der Waals surface area contributed by atoms with Gasteiger partial charge in [-0.25, -0.2) is 4.98 Å². The first-order valence-corrected chi connectivity index (χ1v) is 6.38. The summed E-state index contributed by atoms with van der Waals surface area (Å²) in [5.41, 5.74) is 1.01. The molecule has 0 saturated carbocycles. The highest BCUT2D eigenvalue weighted by Gasteiger charge is 2.15. The number of fused-ring (bicyclic) bond motifs is 1. The molecule has 21 heavy (non-hydrogen) atoms. The van der Waals surface area contributed by atoms with Gasteiger partial charge in [0.05, 0.1) is 0 Å². The van der Waals surface area contributed by atoms with Gasteiger partial charge >= 0.3 is 5.97 Å². The lowest BCUT2D eigenvalue weighted by Gasteiger charge is -2.02. The second-order valence-electron chi connectivity index (χ2n) is 4.41. The van der Waals surface area contributed by atoms with Crippen LogP contribution in [0.3, 0.4) is 0 Å². The lowest BCUT2D eigenvalue weighted by molar-refractivity contribution is -0.137. The summed E-state index contributed by atoms with van der Waals surface area (Å²) in [6, 6.07) is 6.89. The molecule has 0 aliphatic rings. The highest BCUT2D eigenvalue weighted by Crippen LogP contribution is 2.28. The SMILES string of the molecule is O=C(O)Cn1cnc2occ(-c3ccc(Cl)cc3)c2c1=O. The molecule has 0 unspecified atom stereocenters. The minimum Gasteiger partial charge on any atom is -0.480 e. The van der Waals surface area contributed by atoms with Gasteiger partial charge in [0.1, 0.15) is 24.5 Å². The van der Waals surface area contributed by atoms with Gasteiger partial charge in [0.15, 0.2) is 0 Å². The molecule has 3 rings (SSSR count). The van der Waals surface area contributed by atoms with Crippen molar-refractivity contribution in [3.05, 3.63) is 52.2 Å². The van der Waals surface area contributed by atoms with Gasteiger partial charge in [0.25, 0.3) is 5.56 Å². The van der Waals surface area contributed by atoms with E-state index in [2.05, 4.69) is 4.98 Å². The van der Waals surface area contributed by atoms with Crippen molar-refractivity contribution in [1.29, 1.82) is 0 Å². The molecule has 0 fully saturated rings. The molecule has 3 aromatic rings. The van der Waals surface area contributed by atoms with Crippen LogP contribution in [0.4, 0.5) is 0 Å². The van der Waals surface area contributed by atoms with Gasteiger partial charge in [-0.3, -0.25) is 14.2 Å². The first kappa shape index (κ1) is 13.4. The molecule has 0 bridgehead atoms. The molecule has 0 radical (unpaired) electrons. The topological polar surface area (TPSA) is 85.3 Å². The third-order valence-corrected chi connectivity index (χ3v) is 3.27. The second-order valence-corrected chi connectivity index (χ2v) is 4.84. The number of carboxylic acid groups (broad SMARTS) is 1. The molecule has 1 N–H and O–H groups in total. The zero-order chi connectivity index (χ0) is 15.0. The Balaban J connectivity index is 2.22. The summed E-state index contributed by atoms with van der Waals surface area (Å²) < 4.78 is 6.30. The highest BCUT2D eigenvalue weighted by molar-refractivity contribution is 6.30. The highest BCUT2D eigenvalue weighted by atomic mass is 35.5. The fourth-order valence-electron chi connectivity index (χ4n) is 2.07. The number of rotatable bonds is 3. The van der Waals surface area contributed by atoms with E-state index in [1.54, 1.807) is 24.3 Å². The van der Waals surface area contributed by atoms with Crippen molar-refractivity contribution in [3.63, 3.8) is 0 Å². The molecule has 0 saturated heterocycles. The Labute approximate surface area is 123 Å². The molecule has 0 aliphatic heterocycles. The van der Waals surface area contributed by atoms with Crippen LogP contribution >= 0.6 is 11.6 Å². The lowest BCUT2D eigenvalue weighted by atomic mass is 10.1. The van der Waals surface area contributed by atoms with Crippen molar-refractivity contribution < 1.29 is 14.3 Å². The van der Waals surface area contributed by atoms with Gasteiger partial charge in [-0.1, -0.05) is 23.7 Å². The number of aromatic nitrogens is 2. The van der Waals surface area contributed by atoms with Crippen molar-refractivity contribution in [2.24, 2.45) is 0 Å². The Hall–Kier alpha value is -2.60. The molecule has 2 aromatic heterocycles. The summed E-state index contributed by atoms with van der Waals surface area (Å²) in [6.07, 6.45) is 2.58. The molecule has 7 heteroatoms. The molecule has 0 spiro atoms. The number of carbonyl (C=O) groups is 1. The number of nitrogens with zero attached hydrogens (tertiary/aromatic N) is 2. The molecule has 1 aromatic carbocycles. The number of halogens is 1. The minimum atomic E-state index is -1.12. The van der Waals surface area contributed by atoms with E-state index in [0.29, 0.717) is 10.6 Å². The van der Waals surface area contributed by atoms with Crippen molar-refractivity contribution in [2.75, 3.05) is 0 Å². The van der Waals surface area contributed by atoms with E-state index in [1.165, 1.54) is 6.26 Å². The minimum absolute atomic E-state index is 0.173. The van der Waals surface area contributed by atoms with Crippen molar-refractivity contribution >= 4 is 28.7 Å². The molecule has 0 aliphatic carbocycles. The Morgan fingerprint density at radius 3 is 2.71 bits per heavy atom. The van der Waals surface area contributed by atoms with Gasteiger partial charge in [-0.2, -0.15) is 0 Å². The van der Waals surface area contributed by atoms with E-state index in [1.807, 2.05) is 0 Å². The number of hydrogen-bond acceptors (Lipinski definition) is 4. The quantitative estimate of drug-likeness (QED) is 0.803. The summed E-state index contributed by atoms with van der Waals surface area (Å²) >= 11 is 5.84. The monoisotopic (exact) mass is 304 g/mol. The van der Waals surface area contributed by atoms with E-state index in [0.717, 1.165) is 16.5 Å². The predicted molar refractivity (Wildman–Crippen MR) is 76.4 cm³/mol. The van der Waals surface area contributed by atoms with Crippen LogP contribution < -0.4 is 5.56 Å². The van der Waals surface area contributed by atoms with Crippen LogP contribution in [0.1, 0.15) is 0 Å². The number of furan rings is 1. The fourth-order valence-corrected chi connectivity index (χ4v) is 2.19. The maximum atomic E-state index is 12.4. The second kappa shape index (κ2) is 5.06. The standard InChI is InChI=1S/C14H9ClN2O4/c15-9-3-1-8(2-4-9)10-6-21-13-12(10)14(20)17(7-16-13)5-11(18)19/h1-4,6-7H,5H2,(H,18,19). The van der Waals surface area contributed by atoms with Crippen LogP contribution in [-0.4, -0.2) is 20.6 Å². The molecular formula is C14H9ClN2O4. The van der Waals surface area contributed by atoms with Gasteiger partial charge in [0.2, 0.25) is 5.71 Å². The van der Waals surface area contributed by atoms with Crippen LogP contribution in [0.2, 0.25) is 5.02 Å². The van der Waals surface area contributed by atoms with Crippen LogP contribution in [-0.2, 0) is 11.3 Å². The third kappa shape index (κ3) is 2.41. The Kier molecular flexibility index (Phi) is 3.23. The van der Waals surface area contributed by atoms with Gasteiger partial charge < -0.3 is 9.52 Å². The van der Waals surface area contributed by atoms with Crippen LogP contribution in [0, 0.1) is 0 Å². The largest absolute Gasteiger partial charge is 0.480 e. The zero-order valence-electron chi connectivity index (χ0n) is 10.6. The van der Waals surface area contributed by atoms with Crippen LogP contribution in [0.5, 0.6) is 0 Å². The summed E-state index contributed by atoms with van der Waals surface area (Å²) in [5.74, 6) is -1.12. The first-order chi connectivity index (χ1) is 10.1. The van der Waals surface area contributed by atoms with Crippen LogP contribution in [0.25, 0.3) is 22.2 Å². The van der Waals surface area contributed by atoms with E-state index >= 15 is 0 Å². The molecular weight excluding hydrogens is 296 g/mol. The van der Waals surface area contributed by atoms with E-state index in [-0.39, 0.29) is 11.1 Å². The normalized spacial score (nSPS) is 10.9. The maximum Gasteiger partial charge on any atom is 0.323 e. The predicted octanol–water partition coefficient (Wildman–Crippen LogP) is 2.39. The third-order valence-electron chi connectivity index (χ3n) is 3.02. The molecule has 2 heterocycles. The van der Waals surface area contributed by atoms with Crippen LogP contribution in [0.15, 0.2) is 46.1 Å². The van der Waals surface area contributed by atoms with Crippen molar-refractivity contribution in [2.45, 2.75) is 6.54 Å². The molecule has 106 valence electrons. The summed E-state index contributed by atoms with van der Waals surface area (Å²) in [6.45, 7) is -0.451. The molecule has 0 atom stereocenters. The number of benzene rings is 1. The maximum absolute atomic E-state index is 12.4. The van der Waals surface area contributed by atoms with Gasteiger partial charge in [-0.15, -0.1) is 0 Å². The first-order valence-electron chi connectivity index (χ1n) is 6.00. The summed E-state index contributed by atoms with van der Waals surface area (Å²) in [4.78, 5) is 27.1. The number of hydrogen-bond donors (Lipinski definition) is 1. The zero-order valence-corrected chi connectivity index (χ0v) is 11.4. The fraction of sp³-hybridized carbons (Fsp3) is 0.0714. The average molecular weight is 305 g/mol. The summed E-state index contributed by atoms with van der Waals surface area (Å²) in [5, 5.41) is 9.63. The lowest BCUT2D eigenvalue weighted by Crippen LogP contribution is -2.24. The average Bonchev–Trinajstić information content (AvgIpc) is 2.87. The van der Waals surface area contributed by atoms with Crippen molar-refractivity contribution in [1.82, 2.24) is 9.55 Å². The van der Waals surface area contributed by atoms with Gasteiger partial charge in [-0.05, 0) is 17.7 Å². The molecule has 0 amide bonds. The Bertz CT molecular complexity index is 880. The Morgan fingerprint density at radius 2 is 2.05 bits per heavy atom. The molecule has 6 nitrogen and oxygen atoms in total. The van der Waals surface area contributed by atoms with Gasteiger partial charge in [0, 0.05) is 10.6 Å². The Morgan fingerprint density at radius 1 is 1.33 bits per heavy atom. The number of carboxylic acids is 1. The van der Waals surface area contributed by atoms with E-state index in [4.69, 9.17) is 21.1 Å². The smallest absolute Gasteiger partial charge is 0.323 e. The van der Waals surface area contributed by atoms with Crippen molar-refractivity contribution in [3.8, 4) is 11.1 Å². The van der Waals surface area contributed by atoms with E-state index in [9.17, 15) is 9.59 Å². The van der Waals surface area contributed by atoms with E-state index < -0.39 is 18.1 Å². The summed E-state index contributed by atoms with van der Waals surface area (Å²) in [7, 11) is 0.